The summed E-state index contributed by atoms with van der Waals surface area (Å²) in [5.41, 5.74) is 3.25. The number of hydrogen-bond donors (Lipinski definition) is 1. The van der Waals surface area contributed by atoms with Crippen LogP contribution in [0.1, 0.15) is 17.2 Å². The molecule has 5 heteroatoms. The van der Waals surface area contributed by atoms with Crippen LogP contribution in [0.2, 0.25) is 0 Å². The minimum absolute atomic E-state index is 0.0222. The number of nitrogens with zero attached hydrogens (tertiary/aromatic N) is 2. The van der Waals surface area contributed by atoms with Gasteiger partial charge >= 0.3 is 0 Å². The molecule has 1 aliphatic heterocycles. The molecule has 2 aromatic carbocycles. The minimum atomic E-state index is -0.340. The molecule has 0 spiro atoms. The summed E-state index contributed by atoms with van der Waals surface area (Å²) in [6.45, 7) is 1.70. The van der Waals surface area contributed by atoms with Crippen molar-refractivity contribution in [1.29, 1.82) is 0 Å². The van der Waals surface area contributed by atoms with E-state index in [1.54, 1.807) is 12.1 Å². The second kappa shape index (κ2) is 5.54. The fraction of sp³-hybridized carbons (Fsp3) is 0.250. The highest BCUT2D eigenvalue weighted by Gasteiger charge is 2.24. The first-order valence-electron chi connectivity index (χ1n) is 6.94. The van der Waals surface area contributed by atoms with Gasteiger partial charge in [-0.3, -0.25) is 10.1 Å². The highest BCUT2D eigenvalue weighted by atomic mass is 16.6. The van der Waals surface area contributed by atoms with Crippen molar-refractivity contribution in [2.24, 2.45) is 0 Å². The molecule has 0 saturated carbocycles. The second-order valence-corrected chi connectivity index (χ2v) is 5.22. The van der Waals surface area contributed by atoms with E-state index in [0.29, 0.717) is 0 Å². The summed E-state index contributed by atoms with van der Waals surface area (Å²) in [5, 5.41) is 14.6. The van der Waals surface area contributed by atoms with Gasteiger partial charge < -0.3 is 10.2 Å². The molecule has 21 heavy (non-hydrogen) atoms. The molecule has 0 bridgehead atoms. The summed E-state index contributed by atoms with van der Waals surface area (Å²) < 4.78 is 0. The van der Waals surface area contributed by atoms with Crippen LogP contribution < -0.4 is 10.2 Å². The van der Waals surface area contributed by atoms with Crippen LogP contribution in [0, 0.1) is 10.1 Å². The van der Waals surface area contributed by atoms with Gasteiger partial charge in [0.05, 0.1) is 11.0 Å². The molecule has 1 N–H and O–H groups in total. The summed E-state index contributed by atoms with van der Waals surface area (Å²) in [6.07, 6.45) is 0. The monoisotopic (exact) mass is 283 g/mol. The third-order valence-corrected chi connectivity index (χ3v) is 3.87. The molecule has 0 amide bonds. The van der Waals surface area contributed by atoms with Gasteiger partial charge in [0, 0.05) is 43.5 Å². The Morgan fingerprint density at radius 3 is 2.71 bits per heavy atom. The highest BCUT2D eigenvalue weighted by Crippen LogP contribution is 2.34. The van der Waals surface area contributed by atoms with Crippen LogP contribution in [-0.4, -0.2) is 25.1 Å². The van der Waals surface area contributed by atoms with Crippen LogP contribution in [0.5, 0.6) is 0 Å². The predicted molar refractivity (Wildman–Crippen MR) is 82.7 cm³/mol. The first-order chi connectivity index (χ1) is 10.2. The normalized spacial score (nSPS) is 18.0. The maximum atomic E-state index is 11.1. The number of rotatable bonds is 2. The smallest absolute Gasteiger partial charge is 0.269 e. The van der Waals surface area contributed by atoms with E-state index < -0.39 is 0 Å². The molecule has 1 heterocycles. The maximum Gasteiger partial charge on any atom is 0.269 e. The van der Waals surface area contributed by atoms with Crippen molar-refractivity contribution in [2.45, 2.75) is 6.04 Å². The molecule has 0 radical (unpaired) electrons. The molecule has 0 saturated heterocycles. The largest absolute Gasteiger partial charge is 0.373 e. The summed E-state index contributed by atoms with van der Waals surface area (Å²) in [4.78, 5) is 12.9. The van der Waals surface area contributed by atoms with Crippen LogP contribution in [-0.2, 0) is 0 Å². The van der Waals surface area contributed by atoms with E-state index in [4.69, 9.17) is 0 Å². The molecule has 1 unspecified atom stereocenters. The van der Waals surface area contributed by atoms with Crippen molar-refractivity contribution in [1.82, 2.24) is 5.32 Å². The number of hydrogen-bond acceptors (Lipinski definition) is 4. The molecule has 0 aliphatic carbocycles. The molecule has 3 rings (SSSR count). The average Bonchev–Trinajstić information content (AvgIpc) is 2.67. The van der Waals surface area contributed by atoms with E-state index >= 15 is 0 Å². The maximum absolute atomic E-state index is 11.1. The zero-order valence-corrected chi connectivity index (χ0v) is 11.8. The third kappa shape index (κ3) is 2.60. The predicted octanol–water partition coefficient (Wildman–Crippen LogP) is 2.72. The van der Waals surface area contributed by atoms with Crippen molar-refractivity contribution >= 4 is 11.4 Å². The number of non-ortho nitro benzene ring substituents is 1. The number of nitrogens with one attached hydrogen (secondary N) is 1. The molecular formula is C16H17N3O2. The SMILES string of the molecule is CN1CCNC(c2ccccc2)c2cc([N+](=O)[O-])ccc21. The van der Waals surface area contributed by atoms with Crippen molar-refractivity contribution in [3.8, 4) is 0 Å². The summed E-state index contributed by atoms with van der Waals surface area (Å²) >= 11 is 0. The van der Waals surface area contributed by atoms with Crippen molar-refractivity contribution < 1.29 is 4.92 Å². The van der Waals surface area contributed by atoms with E-state index in [1.807, 2.05) is 43.4 Å². The lowest BCUT2D eigenvalue weighted by Gasteiger charge is -2.21. The van der Waals surface area contributed by atoms with E-state index in [1.165, 1.54) is 0 Å². The fourth-order valence-electron chi connectivity index (χ4n) is 2.78. The van der Waals surface area contributed by atoms with Crippen LogP contribution in [0.3, 0.4) is 0 Å². The Hall–Kier alpha value is -2.40. The fourth-order valence-corrected chi connectivity index (χ4v) is 2.78. The van der Waals surface area contributed by atoms with Gasteiger partial charge in [-0.25, -0.2) is 0 Å². The average molecular weight is 283 g/mol. The number of anilines is 1. The first kappa shape index (κ1) is 13.6. The number of nitro benzene ring substituents is 1. The van der Waals surface area contributed by atoms with Gasteiger partial charge in [-0.05, 0) is 11.6 Å². The first-order valence-corrected chi connectivity index (χ1v) is 6.94. The lowest BCUT2D eigenvalue weighted by molar-refractivity contribution is -0.384. The van der Waals surface area contributed by atoms with Crippen LogP contribution in [0.25, 0.3) is 0 Å². The van der Waals surface area contributed by atoms with E-state index in [9.17, 15) is 10.1 Å². The summed E-state index contributed by atoms with van der Waals surface area (Å²) in [7, 11) is 2.01. The number of likely N-dealkylation sites (N-methyl/N-ethyl adjacent to an activating group) is 1. The molecular weight excluding hydrogens is 266 g/mol. The Morgan fingerprint density at radius 1 is 1.24 bits per heavy atom. The Kier molecular flexibility index (Phi) is 3.58. The van der Waals surface area contributed by atoms with Gasteiger partial charge in [0.25, 0.3) is 5.69 Å². The van der Waals surface area contributed by atoms with Gasteiger partial charge in [0.1, 0.15) is 0 Å². The van der Waals surface area contributed by atoms with Gasteiger partial charge in [-0.15, -0.1) is 0 Å². The summed E-state index contributed by atoms with van der Waals surface area (Å²) in [5.74, 6) is 0. The molecule has 0 fully saturated rings. The Labute approximate surface area is 123 Å². The zero-order valence-electron chi connectivity index (χ0n) is 11.8. The number of benzene rings is 2. The van der Waals surface area contributed by atoms with Crippen LogP contribution >= 0.6 is 0 Å². The molecule has 108 valence electrons. The lowest BCUT2D eigenvalue weighted by Crippen LogP contribution is -2.26. The van der Waals surface area contributed by atoms with Crippen LogP contribution in [0.15, 0.2) is 48.5 Å². The lowest BCUT2D eigenvalue weighted by atomic mass is 9.96. The molecule has 2 aromatic rings. The zero-order chi connectivity index (χ0) is 14.8. The third-order valence-electron chi connectivity index (χ3n) is 3.87. The van der Waals surface area contributed by atoms with Gasteiger partial charge in [0.2, 0.25) is 0 Å². The molecule has 5 nitrogen and oxygen atoms in total. The van der Waals surface area contributed by atoms with Crippen LogP contribution in [0.4, 0.5) is 11.4 Å². The number of fused-ring (bicyclic) bond motifs is 1. The second-order valence-electron chi connectivity index (χ2n) is 5.22. The van der Waals surface area contributed by atoms with E-state index in [0.717, 1.165) is 29.9 Å². The minimum Gasteiger partial charge on any atom is -0.373 e. The Morgan fingerprint density at radius 2 is 2.00 bits per heavy atom. The topological polar surface area (TPSA) is 58.4 Å². The van der Waals surface area contributed by atoms with Gasteiger partial charge in [-0.1, -0.05) is 30.3 Å². The Balaban J connectivity index is 2.14. The molecule has 1 atom stereocenters. The molecule has 0 aromatic heterocycles. The summed E-state index contributed by atoms with van der Waals surface area (Å²) in [6, 6.07) is 15.1. The van der Waals surface area contributed by atoms with Crippen molar-refractivity contribution in [3.63, 3.8) is 0 Å². The van der Waals surface area contributed by atoms with Gasteiger partial charge in [0.15, 0.2) is 0 Å². The van der Waals surface area contributed by atoms with Crippen molar-refractivity contribution in [2.75, 3.05) is 25.0 Å². The quantitative estimate of drug-likeness (QED) is 0.680. The molecule has 1 aliphatic rings. The highest BCUT2D eigenvalue weighted by molar-refractivity contribution is 5.61. The Bertz CT molecular complexity index is 658. The standard InChI is InChI=1S/C16H17N3O2/c1-18-10-9-17-16(12-5-3-2-4-6-12)14-11-13(19(20)21)7-8-15(14)18/h2-8,11,16-17H,9-10H2,1H3. The van der Waals surface area contributed by atoms with Gasteiger partial charge in [-0.2, -0.15) is 0 Å². The van der Waals surface area contributed by atoms with Crippen molar-refractivity contribution in [3.05, 3.63) is 69.8 Å². The number of nitro groups is 1. The van der Waals surface area contributed by atoms with E-state index in [-0.39, 0.29) is 16.7 Å². The van der Waals surface area contributed by atoms with E-state index in [2.05, 4.69) is 10.2 Å².